The molecule has 0 radical (unpaired) electrons. The SMILES string of the molecule is CCC/C=C\C/C=C\CCCCCCCC(=O)OCC(COCCCCCCCCC/C=C\C/C=C\C/C=C\CCCCC)OC(=O)CCCCCCCCCCC. The average molecular weight is 811 g/mol. The molecule has 0 fully saturated rings. The number of rotatable bonds is 45. The molecule has 0 bridgehead atoms. The Bertz CT molecular complexity index is 1010. The second kappa shape index (κ2) is 49.0. The molecule has 0 aliphatic rings. The first-order valence-corrected chi connectivity index (χ1v) is 24.8. The first-order chi connectivity index (χ1) is 28.6. The van der Waals surface area contributed by atoms with E-state index in [1.54, 1.807) is 0 Å². The molecule has 336 valence electrons. The van der Waals surface area contributed by atoms with E-state index in [-0.39, 0.29) is 25.2 Å². The third-order valence-electron chi connectivity index (χ3n) is 10.5. The number of ether oxygens (including phenoxy) is 3. The van der Waals surface area contributed by atoms with Crippen LogP contribution in [-0.2, 0) is 23.8 Å². The van der Waals surface area contributed by atoms with E-state index < -0.39 is 6.10 Å². The van der Waals surface area contributed by atoms with Gasteiger partial charge >= 0.3 is 11.9 Å². The van der Waals surface area contributed by atoms with Crippen molar-refractivity contribution in [3.63, 3.8) is 0 Å². The summed E-state index contributed by atoms with van der Waals surface area (Å²) in [6.07, 6.45) is 60.8. The smallest absolute Gasteiger partial charge is 0.306 e. The van der Waals surface area contributed by atoms with E-state index in [0.29, 0.717) is 19.4 Å². The van der Waals surface area contributed by atoms with E-state index in [1.165, 1.54) is 135 Å². The van der Waals surface area contributed by atoms with Crippen molar-refractivity contribution in [1.29, 1.82) is 0 Å². The molecule has 0 aliphatic carbocycles. The third-order valence-corrected chi connectivity index (χ3v) is 10.5. The molecule has 0 rings (SSSR count). The van der Waals surface area contributed by atoms with E-state index in [9.17, 15) is 9.59 Å². The molecule has 0 aromatic carbocycles. The van der Waals surface area contributed by atoms with Crippen molar-refractivity contribution >= 4 is 11.9 Å². The summed E-state index contributed by atoms with van der Waals surface area (Å²) in [5, 5.41) is 0. The molecule has 0 saturated carbocycles. The number of carbonyl (C=O) groups excluding carboxylic acids is 2. The molecular weight excluding hydrogens is 717 g/mol. The molecule has 0 aromatic heterocycles. The van der Waals surface area contributed by atoms with Gasteiger partial charge in [-0.15, -0.1) is 0 Å². The lowest BCUT2D eigenvalue weighted by atomic mass is 10.1. The van der Waals surface area contributed by atoms with Crippen LogP contribution in [-0.4, -0.2) is 37.9 Å². The van der Waals surface area contributed by atoms with Gasteiger partial charge in [-0.1, -0.05) is 204 Å². The standard InChI is InChI=1S/C53H94O5/c1-4-7-10-13-16-19-21-23-24-25-26-27-28-29-31-33-36-39-42-45-48-56-49-51(58-53(55)47-44-41-38-34-18-15-12-9-6-3)50-57-52(54)46-43-40-37-35-32-30-22-20-17-14-11-8-5-2/h11,14,16,19-20,22-24,26-27,51H,4-10,12-13,15,17-18,21,25,28-50H2,1-3H3/b14-11-,19-16-,22-20-,24-23-,27-26-. The number of unbranched alkanes of at least 4 members (excludes halogenated alkanes) is 24. The predicted molar refractivity (Wildman–Crippen MR) is 251 cm³/mol. The van der Waals surface area contributed by atoms with E-state index in [2.05, 4.69) is 81.5 Å². The lowest BCUT2D eigenvalue weighted by Gasteiger charge is -2.18. The van der Waals surface area contributed by atoms with Gasteiger partial charge in [0.15, 0.2) is 6.10 Å². The molecule has 58 heavy (non-hydrogen) atoms. The summed E-state index contributed by atoms with van der Waals surface area (Å²) in [5.74, 6) is -0.418. The maximum atomic E-state index is 12.7. The van der Waals surface area contributed by atoms with Crippen LogP contribution in [0, 0.1) is 0 Å². The monoisotopic (exact) mass is 811 g/mol. The van der Waals surface area contributed by atoms with Gasteiger partial charge in [-0.25, -0.2) is 0 Å². The number of esters is 2. The highest BCUT2D eigenvalue weighted by Gasteiger charge is 2.17. The van der Waals surface area contributed by atoms with Crippen LogP contribution in [0.1, 0.15) is 239 Å². The fourth-order valence-electron chi connectivity index (χ4n) is 6.79. The zero-order chi connectivity index (χ0) is 42.1. The average Bonchev–Trinajstić information content (AvgIpc) is 3.22. The Morgan fingerprint density at radius 2 is 0.759 bits per heavy atom. The Hall–Kier alpha value is -2.40. The summed E-state index contributed by atoms with van der Waals surface area (Å²) in [6.45, 7) is 7.70. The number of allylic oxidation sites excluding steroid dienone is 10. The highest BCUT2D eigenvalue weighted by molar-refractivity contribution is 5.70. The summed E-state index contributed by atoms with van der Waals surface area (Å²) in [4.78, 5) is 25.2. The topological polar surface area (TPSA) is 61.8 Å². The minimum Gasteiger partial charge on any atom is -0.462 e. The molecule has 0 N–H and O–H groups in total. The first kappa shape index (κ1) is 55.6. The lowest BCUT2D eigenvalue weighted by molar-refractivity contribution is -0.163. The Morgan fingerprint density at radius 1 is 0.379 bits per heavy atom. The minimum absolute atomic E-state index is 0.0744. The van der Waals surface area contributed by atoms with E-state index in [0.717, 1.165) is 70.6 Å². The Kier molecular flexibility index (Phi) is 46.9. The van der Waals surface area contributed by atoms with Gasteiger partial charge in [0.05, 0.1) is 6.61 Å². The van der Waals surface area contributed by atoms with Crippen molar-refractivity contribution in [2.24, 2.45) is 0 Å². The summed E-state index contributed by atoms with van der Waals surface area (Å²) in [5.41, 5.74) is 0. The zero-order valence-corrected chi connectivity index (χ0v) is 38.6. The van der Waals surface area contributed by atoms with Crippen LogP contribution in [0.3, 0.4) is 0 Å². The number of hydrogen-bond acceptors (Lipinski definition) is 5. The van der Waals surface area contributed by atoms with Gasteiger partial charge in [-0.05, 0) is 83.5 Å². The second-order valence-corrected chi connectivity index (χ2v) is 16.4. The lowest BCUT2D eigenvalue weighted by Crippen LogP contribution is -2.30. The normalized spacial score (nSPS) is 12.7. The van der Waals surface area contributed by atoms with Gasteiger partial charge in [0.25, 0.3) is 0 Å². The third kappa shape index (κ3) is 46.3. The van der Waals surface area contributed by atoms with Crippen LogP contribution in [0.4, 0.5) is 0 Å². The van der Waals surface area contributed by atoms with Crippen molar-refractivity contribution in [3.05, 3.63) is 60.8 Å². The first-order valence-electron chi connectivity index (χ1n) is 24.8. The van der Waals surface area contributed by atoms with Crippen LogP contribution in [0.25, 0.3) is 0 Å². The minimum atomic E-state index is -0.544. The maximum absolute atomic E-state index is 12.7. The van der Waals surface area contributed by atoms with Crippen LogP contribution in [0.2, 0.25) is 0 Å². The molecule has 1 unspecified atom stereocenters. The summed E-state index contributed by atoms with van der Waals surface area (Å²) in [6, 6.07) is 0. The van der Waals surface area contributed by atoms with Gasteiger partial charge in [-0.2, -0.15) is 0 Å². The van der Waals surface area contributed by atoms with E-state index >= 15 is 0 Å². The van der Waals surface area contributed by atoms with Crippen molar-refractivity contribution in [3.8, 4) is 0 Å². The molecule has 1 atom stereocenters. The molecular formula is C53H94O5. The number of hydrogen-bond donors (Lipinski definition) is 0. The van der Waals surface area contributed by atoms with Gasteiger partial charge in [0.1, 0.15) is 6.61 Å². The van der Waals surface area contributed by atoms with Gasteiger partial charge in [-0.3, -0.25) is 9.59 Å². The van der Waals surface area contributed by atoms with Crippen LogP contribution >= 0.6 is 0 Å². The number of carbonyl (C=O) groups is 2. The van der Waals surface area contributed by atoms with Crippen molar-refractivity contribution in [2.45, 2.75) is 245 Å². The fraction of sp³-hybridized carbons (Fsp3) is 0.774. The molecule has 0 heterocycles. The fourth-order valence-corrected chi connectivity index (χ4v) is 6.79. The zero-order valence-electron chi connectivity index (χ0n) is 38.6. The summed E-state index contributed by atoms with van der Waals surface area (Å²) >= 11 is 0. The van der Waals surface area contributed by atoms with Crippen LogP contribution < -0.4 is 0 Å². The Morgan fingerprint density at radius 3 is 1.26 bits per heavy atom. The maximum Gasteiger partial charge on any atom is 0.306 e. The molecule has 0 aliphatic heterocycles. The molecule has 5 nitrogen and oxygen atoms in total. The summed E-state index contributed by atoms with van der Waals surface area (Å²) in [7, 11) is 0. The molecule has 0 aromatic rings. The molecule has 0 amide bonds. The van der Waals surface area contributed by atoms with E-state index in [4.69, 9.17) is 14.2 Å². The van der Waals surface area contributed by atoms with Gasteiger partial charge in [0, 0.05) is 19.4 Å². The highest BCUT2D eigenvalue weighted by atomic mass is 16.6. The Labute approximate surface area is 360 Å². The van der Waals surface area contributed by atoms with Gasteiger partial charge in [0.2, 0.25) is 0 Å². The molecule has 0 saturated heterocycles. The van der Waals surface area contributed by atoms with Gasteiger partial charge < -0.3 is 14.2 Å². The van der Waals surface area contributed by atoms with E-state index in [1.807, 2.05) is 0 Å². The Balaban J connectivity index is 4.21. The molecule has 5 heteroatoms. The van der Waals surface area contributed by atoms with Crippen molar-refractivity contribution in [2.75, 3.05) is 19.8 Å². The molecule has 0 spiro atoms. The van der Waals surface area contributed by atoms with Crippen molar-refractivity contribution < 1.29 is 23.8 Å². The summed E-state index contributed by atoms with van der Waals surface area (Å²) < 4.78 is 17.3. The largest absolute Gasteiger partial charge is 0.462 e. The van der Waals surface area contributed by atoms with Crippen molar-refractivity contribution in [1.82, 2.24) is 0 Å². The quantitative estimate of drug-likeness (QED) is 0.0348. The second-order valence-electron chi connectivity index (χ2n) is 16.4. The predicted octanol–water partition coefficient (Wildman–Crippen LogP) is 16.6. The van der Waals surface area contributed by atoms with Crippen LogP contribution in [0.5, 0.6) is 0 Å². The highest BCUT2D eigenvalue weighted by Crippen LogP contribution is 2.14. The van der Waals surface area contributed by atoms with Crippen LogP contribution in [0.15, 0.2) is 60.8 Å².